The van der Waals surface area contributed by atoms with E-state index in [0.717, 1.165) is 5.06 Å². The molecule has 0 aromatic rings. The van der Waals surface area contributed by atoms with E-state index in [1.807, 2.05) is 0 Å². The highest BCUT2D eigenvalue weighted by Crippen LogP contribution is 1.87. The van der Waals surface area contributed by atoms with Crippen molar-refractivity contribution >= 4 is 6.21 Å². The van der Waals surface area contributed by atoms with Gasteiger partial charge in [0.1, 0.15) is 6.67 Å². The van der Waals surface area contributed by atoms with Crippen molar-refractivity contribution in [1.82, 2.24) is 5.06 Å². The van der Waals surface area contributed by atoms with Crippen LogP contribution in [-0.2, 0) is 0 Å². The van der Waals surface area contributed by atoms with Crippen LogP contribution in [0.3, 0.4) is 0 Å². The van der Waals surface area contributed by atoms with Crippen molar-refractivity contribution in [2.75, 3.05) is 6.67 Å². The van der Waals surface area contributed by atoms with Crippen LogP contribution in [0, 0.1) is 0 Å². The molecule has 1 heterocycles. The fraction of sp³-hybridized carbons (Fsp3) is 0.250. The summed E-state index contributed by atoms with van der Waals surface area (Å²) in [6.45, 7) is 0.358. The van der Waals surface area contributed by atoms with Crippen LogP contribution in [0.25, 0.3) is 0 Å². The van der Waals surface area contributed by atoms with Crippen molar-refractivity contribution in [3.63, 3.8) is 0 Å². The average molecular weight is 98.1 g/mol. The summed E-state index contributed by atoms with van der Waals surface area (Å²) in [5.74, 6) is 0. The molecule has 1 N–H and O–H groups in total. The third kappa shape index (κ3) is 1.01. The van der Waals surface area contributed by atoms with Gasteiger partial charge in [0, 0.05) is 12.4 Å². The van der Waals surface area contributed by atoms with E-state index < -0.39 is 0 Å². The first-order chi connectivity index (χ1) is 3.39. The fourth-order valence-electron chi connectivity index (χ4n) is 0.377. The molecule has 0 saturated carbocycles. The Morgan fingerprint density at radius 1 is 1.71 bits per heavy atom. The molecule has 1 aliphatic rings. The number of aliphatic imine (C=N–C) groups is 1. The molecule has 0 bridgehead atoms. The number of allylic oxidation sites excluding steroid dienone is 1. The summed E-state index contributed by atoms with van der Waals surface area (Å²) >= 11 is 0. The largest absolute Gasteiger partial charge is 0.287 e. The molecule has 1 rings (SSSR count). The third-order valence-electron chi connectivity index (χ3n) is 0.676. The van der Waals surface area contributed by atoms with Crippen LogP contribution in [-0.4, -0.2) is 23.2 Å². The number of hydrogen-bond acceptors (Lipinski definition) is 3. The summed E-state index contributed by atoms with van der Waals surface area (Å²) in [5.41, 5.74) is 0. The third-order valence-corrected chi connectivity index (χ3v) is 0.676. The highest BCUT2D eigenvalue weighted by molar-refractivity contribution is 5.71. The number of nitrogens with zero attached hydrogens (tertiary/aromatic N) is 2. The normalized spacial score (nSPS) is 18.1. The summed E-state index contributed by atoms with van der Waals surface area (Å²) in [5, 5.41) is 9.56. The van der Waals surface area contributed by atoms with Gasteiger partial charge in [0.05, 0.1) is 0 Å². The Morgan fingerprint density at radius 2 is 2.57 bits per heavy atom. The van der Waals surface area contributed by atoms with Crippen molar-refractivity contribution < 1.29 is 5.21 Å². The number of hydrogen-bond donors (Lipinski definition) is 1. The van der Waals surface area contributed by atoms with Gasteiger partial charge in [0.15, 0.2) is 0 Å². The Hall–Kier alpha value is -0.830. The average Bonchev–Trinajstić information content (AvgIpc) is 1.69. The van der Waals surface area contributed by atoms with Gasteiger partial charge in [-0.25, -0.2) is 5.06 Å². The minimum Gasteiger partial charge on any atom is -0.287 e. The van der Waals surface area contributed by atoms with E-state index in [0.29, 0.717) is 6.67 Å². The van der Waals surface area contributed by atoms with E-state index in [1.54, 1.807) is 18.5 Å². The van der Waals surface area contributed by atoms with Gasteiger partial charge < -0.3 is 0 Å². The van der Waals surface area contributed by atoms with Crippen LogP contribution < -0.4 is 0 Å². The van der Waals surface area contributed by atoms with Gasteiger partial charge in [-0.15, -0.1) is 0 Å². The van der Waals surface area contributed by atoms with Crippen molar-refractivity contribution in [2.45, 2.75) is 0 Å². The molecular weight excluding hydrogens is 92.1 g/mol. The Labute approximate surface area is 41.5 Å². The minimum absolute atomic E-state index is 0.358. The van der Waals surface area contributed by atoms with Crippen molar-refractivity contribution in [3.05, 3.63) is 12.3 Å². The van der Waals surface area contributed by atoms with E-state index in [2.05, 4.69) is 4.99 Å². The minimum atomic E-state index is 0.358. The van der Waals surface area contributed by atoms with Crippen molar-refractivity contribution in [3.8, 4) is 0 Å². The molecule has 0 saturated heterocycles. The highest BCUT2D eigenvalue weighted by atomic mass is 16.5. The molecule has 0 aromatic carbocycles. The molecule has 3 nitrogen and oxygen atoms in total. The summed E-state index contributed by atoms with van der Waals surface area (Å²) in [7, 11) is 0. The lowest BCUT2D eigenvalue weighted by Gasteiger charge is -2.08. The SMILES string of the molecule is ON1C=CC=NC1. The van der Waals surface area contributed by atoms with E-state index >= 15 is 0 Å². The van der Waals surface area contributed by atoms with E-state index in [1.165, 1.54) is 0 Å². The second-order valence-electron chi connectivity index (χ2n) is 1.25. The lowest BCUT2D eigenvalue weighted by molar-refractivity contribution is -0.0384. The van der Waals surface area contributed by atoms with Gasteiger partial charge in [-0.05, 0) is 6.08 Å². The van der Waals surface area contributed by atoms with E-state index in [9.17, 15) is 0 Å². The van der Waals surface area contributed by atoms with Gasteiger partial charge in [-0.3, -0.25) is 10.2 Å². The van der Waals surface area contributed by atoms with Gasteiger partial charge in [0.2, 0.25) is 0 Å². The second-order valence-corrected chi connectivity index (χ2v) is 1.25. The van der Waals surface area contributed by atoms with E-state index in [-0.39, 0.29) is 0 Å². The van der Waals surface area contributed by atoms with Crippen LogP contribution in [0.1, 0.15) is 0 Å². The standard InChI is InChI=1S/C4H6N2O/c7-6-3-1-2-5-4-6/h1-3,7H,4H2. The second kappa shape index (κ2) is 1.75. The Bertz CT molecular complexity index is 108. The maximum atomic E-state index is 8.54. The lowest BCUT2D eigenvalue weighted by atomic mass is 10.6. The zero-order chi connectivity index (χ0) is 5.11. The van der Waals surface area contributed by atoms with Gasteiger partial charge >= 0.3 is 0 Å². The first kappa shape index (κ1) is 4.33. The molecule has 0 aromatic heterocycles. The maximum Gasteiger partial charge on any atom is 0.134 e. The molecule has 7 heavy (non-hydrogen) atoms. The molecule has 3 heteroatoms. The van der Waals surface area contributed by atoms with Crippen LogP contribution >= 0.6 is 0 Å². The first-order valence-corrected chi connectivity index (χ1v) is 2.02. The zero-order valence-corrected chi connectivity index (χ0v) is 3.78. The highest BCUT2D eigenvalue weighted by Gasteiger charge is 1.89. The van der Waals surface area contributed by atoms with Crippen LogP contribution in [0.4, 0.5) is 0 Å². The monoisotopic (exact) mass is 98.0 g/mol. The predicted octanol–water partition coefficient (Wildman–Crippen LogP) is 0.233. The van der Waals surface area contributed by atoms with E-state index in [4.69, 9.17) is 5.21 Å². The molecule has 0 fully saturated rings. The molecule has 1 aliphatic heterocycles. The molecule has 0 spiro atoms. The van der Waals surface area contributed by atoms with Crippen LogP contribution in [0.5, 0.6) is 0 Å². The van der Waals surface area contributed by atoms with Gasteiger partial charge in [-0.1, -0.05) is 0 Å². The molecule has 38 valence electrons. The smallest absolute Gasteiger partial charge is 0.134 e. The summed E-state index contributed by atoms with van der Waals surface area (Å²) in [6, 6.07) is 0. The van der Waals surface area contributed by atoms with Crippen LogP contribution in [0.2, 0.25) is 0 Å². The van der Waals surface area contributed by atoms with Gasteiger partial charge in [0.25, 0.3) is 0 Å². The Balaban J connectivity index is 2.49. The summed E-state index contributed by atoms with van der Waals surface area (Å²) in [4.78, 5) is 3.72. The quantitative estimate of drug-likeness (QED) is 0.471. The Morgan fingerprint density at radius 3 is 2.86 bits per heavy atom. The van der Waals surface area contributed by atoms with Gasteiger partial charge in [-0.2, -0.15) is 0 Å². The van der Waals surface area contributed by atoms with Crippen LogP contribution in [0.15, 0.2) is 17.3 Å². The number of rotatable bonds is 0. The predicted molar refractivity (Wildman–Crippen MR) is 26.1 cm³/mol. The molecule has 0 radical (unpaired) electrons. The summed E-state index contributed by atoms with van der Waals surface area (Å²) < 4.78 is 0. The fourth-order valence-corrected chi connectivity index (χ4v) is 0.377. The topological polar surface area (TPSA) is 35.8 Å². The first-order valence-electron chi connectivity index (χ1n) is 2.02. The number of hydroxylamine groups is 2. The lowest BCUT2D eigenvalue weighted by Crippen LogP contribution is -2.13. The molecule has 0 atom stereocenters. The Kier molecular flexibility index (Phi) is 1.08. The maximum absolute atomic E-state index is 8.54. The molecule has 0 amide bonds. The summed E-state index contributed by atoms with van der Waals surface area (Å²) in [6.07, 6.45) is 4.86. The molecule has 0 unspecified atom stereocenters. The van der Waals surface area contributed by atoms with Crippen molar-refractivity contribution in [2.24, 2.45) is 4.99 Å². The molecule has 0 aliphatic carbocycles. The molecular formula is C4H6N2O. The zero-order valence-electron chi connectivity index (χ0n) is 3.78. The van der Waals surface area contributed by atoms with Crippen molar-refractivity contribution in [1.29, 1.82) is 0 Å².